The summed E-state index contributed by atoms with van der Waals surface area (Å²) in [7, 11) is -5.60. The van der Waals surface area contributed by atoms with E-state index in [0.29, 0.717) is 40.4 Å². The fourth-order valence-electron chi connectivity index (χ4n) is 10.9. The Balaban J connectivity index is 1.80. The summed E-state index contributed by atoms with van der Waals surface area (Å²) in [6.45, 7) is 28.8. The van der Waals surface area contributed by atoms with Gasteiger partial charge in [0.25, 0.3) is 0 Å². The van der Waals surface area contributed by atoms with Gasteiger partial charge in [0.1, 0.15) is 30.0 Å². The lowest BCUT2D eigenvalue weighted by Gasteiger charge is -2.67. The van der Waals surface area contributed by atoms with Crippen molar-refractivity contribution in [3.05, 3.63) is 58.7 Å². The molecule has 5 rings (SSSR count). The first-order valence-corrected chi connectivity index (χ1v) is 29.1. The predicted octanol–water partition coefficient (Wildman–Crippen LogP) is 7.58. The van der Waals surface area contributed by atoms with Crippen LogP contribution in [0.5, 0.6) is 0 Å². The Morgan fingerprint density at radius 2 is 1.56 bits per heavy atom. The van der Waals surface area contributed by atoms with Crippen LogP contribution in [0.25, 0.3) is 0 Å². The summed E-state index contributed by atoms with van der Waals surface area (Å²) in [4.78, 5) is 71.3. The van der Waals surface area contributed by atoms with Crippen LogP contribution >= 0.6 is 0 Å². The van der Waals surface area contributed by atoms with E-state index in [9.17, 15) is 24.6 Å². The molecule has 16 heteroatoms. The van der Waals surface area contributed by atoms with Gasteiger partial charge in [-0.1, -0.05) is 91.8 Å². The summed E-state index contributed by atoms with van der Waals surface area (Å²) < 4.78 is 39.1. The number of amides is 1. The third-order valence-electron chi connectivity index (χ3n) is 16.5. The molecule has 3 fully saturated rings. The Hall–Kier alpha value is -3.52. The lowest BCUT2D eigenvalue weighted by molar-refractivity contribution is -0.347. The molecule has 2 unspecified atom stereocenters. The highest BCUT2D eigenvalue weighted by Gasteiger charge is 2.78. The molecule has 4 aliphatic rings. The van der Waals surface area contributed by atoms with Gasteiger partial charge in [0.05, 0.1) is 24.2 Å². The topological polar surface area (TPSA) is 193 Å². The molecule has 11 atom stereocenters. The van der Waals surface area contributed by atoms with Crippen molar-refractivity contribution in [2.75, 3.05) is 6.61 Å². The molecule has 66 heavy (non-hydrogen) atoms. The number of benzene rings is 1. The third-order valence-corrected chi connectivity index (χ3v) is 25.6. The summed E-state index contributed by atoms with van der Waals surface area (Å²) >= 11 is 0. The molecule has 0 aromatic heterocycles. The van der Waals surface area contributed by atoms with Crippen molar-refractivity contribution in [1.82, 2.24) is 5.32 Å². The fourth-order valence-corrected chi connectivity index (χ4v) is 14.9. The molecular formula is C50H77NO13Si2. The van der Waals surface area contributed by atoms with Crippen molar-refractivity contribution in [2.24, 2.45) is 16.7 Å². The Morgan fingerprint density at radius 3 is 2.05 bits per heavy atom. The van der Waals surface area contributed by atoms with E-state index in [0.717, 1.165) is 0 Å². The van der Waals surface area contributed by atoms with Crippen LogP contribution in [0.3, 0.4) is 0 Å². The molecule has 0 radical (unpaired) electrons. The zero-order valence-electron chi connectivity index (χ0n) is 42.2. The molecule has 2 bridgehead atoms. The number of aliphatic hydroxyl groups excluding tert-OH is 1. The van der Waals surface area contributed by atoms with E-state index in [-0.39, 0.29) is 24.5 Å². The maximum absolute atomic E-state index is 16.2. The van der Waals surface area contributed by atoms with E-state index in [1.54, 1.807) is 59.8 Å². The molecule has 3 aliphatic carbocycles. The number of rotatable bonds is 15. The van der Waals surface area contributed by atoms with E-state index in [2.05, 4.69) is 5.32 Å². The van der Waals surface area contributed by atoms with Crippen molar-refractivity contribution in [1.29, 1.82) is 0 Å². The number of aliphatic hydroxyl groups is 2. The second-order valence-electron chi connectivity index (χ2n) is 21.4. The van der Waals surface area contributed by atoms with E-state index in [1.807, 2.05) is 72.8 Å². The number of nitrogens with one attached hydrogen (secondary N) is 1. The van der Waals surface area contributed by atoms with Crippen molar-refractivity contribution >= 4 is 46.2 Å². The van der Waals surface area contributed by atoms with Gasteiger partial charge < -0.3 is 43.3 Å². The van der Waals surface area contributed by atoms with E-state index in [4.69, 9.17) is 27.8 Å². The van der Waals surface area contributed by atoms with Gasteiger partial charge in [-0.3, -0.25) is 19.2 Å². The van der Waals surface area contributed by atoms with Crippen molar-refractivity contribution in [3.63, 3.8) is 0 Å². The van der Waals surface area contributed by atoms with E-state index in [1.165, 1.54) is 13.8 Å². The lowest BCUT2D eigenvalue weighted by Crippen LogP contribution is -2.81. The van der Waals surface area contributed by atoms with Gasteiger partial charge in [0, 0.05) is 43.6 Å². The van der Waals surface area contributed by atoms with Gasteiger partial charge >= 0.3 is 17.9 Å². The number of carbonyl (C=O) groups excluding carboxylic acids is 5. The predicted molar refractivity (Wildman–Crippen MR) is 254 cm³/mol. The molecule has 1 amide bonds. The van der Waals surface area contributed by atoms with Crippen molar-refractivity contribution < 1.29 is 62.0 Å². The molecule has 1 aromatic carbocycles. The Kier molecular flexibility index (Phi) is 15.5. The average Bonchev–Trinajstić information content (AvgIpc) is 3.24. The van der Waals surface area contributed by atoms with Gasteiger partial charge in [0.15, 0.2) is 34.1 Å². The number of allylic oxidation sites excluding steroid dienone is 1. The zero-order chi connectivity index (χ0) is 49.7. The normalized spacial score (nSPS) is 32.0. The molecule has 14 nitrogen and oxygen atoms in total. The van der Waals surface area contributed by atoms with Crippen LogP contribution < -0.4 is 5.32 Å². The second kappa shape index (κ2) is 19.1. The van der Waals surface area contributed by atoms with Gasteiger partial charge in [-0.05, 0) is 80.7 Å². The lowest BCUT2D eigenvalue weighted by atomic mass is 9.44. The van der Waals surface area contributed by atoms with Crippen LogP contribution in [0.4, 0.5) is 0 Å². The minimum Gasteiger partial charge on any atom is -0.461 e. The van der Waals surface area contributed by atoms with Crippen molar-refractivity contribution in [3.8, 4) is 0 Å². The van der Waals surface area contributed by atoms with Gasteiger partial charge in [0.2, 0.25) is 5.91 Å². The zero-order valence-corrected chi connectivity index (χ0v) is 44.2. The van der Waals surface area contributed by atoms with Gasteiger partial charge in [-0.15, -0.1) is 0 Å². The summed E-state index contributed by atoms with van der Waals surface area (Å²) in [5, 5.41) is 29.6. The first kappa shape index (κ1) is 53.4. The Bertz CT molecular complexity index is 2080. The first-order chi connectivity index (χ1) is 30.5. The molecule has 368 valence electrons. The number of ketones is 1. The molecule has 3 N–H and O–H groups in total. The number of fused-ring (bicyclic) bond motifs is 5. The minimum atomic E-state index is -2.84. The van der Waals surface area contributed by atoms with E-state index < -0.39 is 117 Å². The van der Waals surface area contributed by atoms with Crippen LogP contribution in [0.2, 0.25) is 36.3 Å². The highest BCUT2D eigenvalue weighted by molar-refractivity contribution is 6.74. The summed E-state index contributed by atoms with van der Waals surface area (Å²) in [6.07, 6.45) is -6.66. The van der Waals surface area contributed by atoms with Gasteiger partial charge in [-0.25, -0.2) is 4.79 Å². The molecule has 2 saturated carbocycles. The molecule has 1 saturated heterocycles. The average molecular weight is 956 g/mol. The number of Topliss-reactive ketones (excluding diaryl/α,β-unsaturated/α-hetero) is 1. The SMILES string of the molecule is C/C=C(\C)C(=O)N[C@@H](c1ccccc1)[C@@H](O[Si](C)(C)C(C)(C)C)C(=O)O[C@H]1C[C@@]2(O)C(O)C3[C@](C)(C(=O)[C@H](O[Si](CC)(CC)CC)C(=C1C)C2(C)C)[C@@H](OC(C)=O)C[C@H]1OC[C@@]31OC(C)=O. The van der Waals surface area contributed by atoms with E-state index >= 15 is 9.59 Å². The summed E-state index contributed by atoms with van der Waals surface area (Å²) in [5.74, 6) is -4.49. The number of ether oxygens (including phenoxy) is 4. The monoisotopic (exact) mass is 955 g/mol. The molecule has 1 aliphatic heterocycles. The van der Waals surface area contributed by atoms with Crippen LogP contribution in [0.15, 0.2) is 53.1 Å². The maximum Gasteiger partial charge on any atom is 0.337 e. The van der Waals surface area contributed by atoms with Gasteiger partial charge in [-0.2, -0.15) is 0 Å². The third kappa shape index (κ3) is 9.08. The fraction of sp³-hybridized carbons (Fsp3) is 0.700. The first-order valence-electron chi connectivity index (χ1n) is 23.7. The Morgan fingerprint density at radius 1 is 0.970 bits per heavy atom. The molecule has 1 heterocycles. The van der Waals surface area contributed by atoms with Crippen LogP contribution in [-0.2, 0) is 51.8 Å². The number of hydrogen-bond donors (Lipinski definition) is 3. The molecule has 1 aromatic rings. The number of esters is 3. The number of carbonyl (C=O) groups is 5. The number of hydrogen-bond acceptors (Lipinski definition) is 13. The maximum atomic E-state index is 16.2. The standard InChI is InChI=1S/C50H77NO13Si2/c1-17-29(5)44(56)51-38(33-24-22-21-23-25-33)40(63-65(15,16)46(9,10)11)45(57)61-34-27-50(58)43(55)41-48(14,35(60-31(7)52)26-36-49(41,28-59-36)62-32(8)53)42(54)39(37(30(34)6)47(50,12)13)64-66(18-2,19-3)20-4/h17,21-25,34-36,38-41,43,55,58H,18-20,26-28H2,1-16H3,(H,51,56)/b29-17+/t34-,35-,36+,38-,39+,40+,41?,43?,48+,49-,50+/m0/s1. The highest BCUT2D eigenvalue weighted by atomic mass is 28.4. The van der Waals surface area contributed by atoms with Crippen LogP contribution in [-0.4, -0.2) is 111 Å². The van der Waals surface area contributed by atoms with Crippen molar-refractivity contribution in [2.45, 2.75) is 200 Å². The summed E-state index contributed by atoms with van der Waals surface area (Å²) in [6, 6.07) is 9.98. The Labute approximate surface area is 394 Å². The van der Waals surface area contributed by atoms with Crippen LogP contribution in [0.1, 0.15) is 121 Å². The summed E-state index contributed by atoms with van der Waals surface area (Å²) in [5.41, 5.74) is -5.25. The largest absolute Gasteiger partial charge is 0.461 e. The highest BCUT2D eigenvalue weighted by Crippen LogP contribution is 2.64. The quantitative estimate of drug-likeness (QED) is 0.0513. The smallest absolute Gasteiger partial charge is 0.337 e. The van der Waals surface area contributed by atoms with Crippen LogP contribution in [0, 0.1) is 16.7 Å². The minimum absolute atomic E-state index is 0.0225. The molecule has 0 spiro atoms. The second-order valence-corrected chi connectivity index (χ2v) is 30.9. The molecular weight excluding hydrogens is 879 g/mol.